The first-order valence-electron chi connectivity index (χ1n) is 21.8. The molecular weight excluding hydrogens is 777 g/mol. The third kappa shape index (κ3) is 5.15. The van der Waals surface area contributed by atoms with Crippen molar-refractivity contribution in [3.05, 3.63) is 218 Å². The van der Waals surface area contributed by atoms with Gasteiger partial charge in [-0.2, -0.15) is 0 Å². The number of fused-ring (bicyclic) bond motifs is 10. The first-order valence-corrected chi connectivity index (χ1v) is 22.6. The molecule has 14 rings (SSSR count). The molecule has 0 bridgehead atoms. The molecule has 0 fully saturated rings. The average molecular weight is 813 g/mol. The molecule has 1 heteroatoms. The SMILES string of the molecule is c1ccc2cc(-c3cc(-c4ccc5c6c(cccc46)-c4c-5c(-c5ccc6ccccc6c5)c5ccccc5c4-c4ccc5ccccc5c4)c4sc5ccccc5c4c3)ccc2c1. The normalized spacial score (nSPS) is 12.1. The lowest BCUT2D eigenvalue weighted by molar-refractivity contribution is 1.65. The number of benzene rings is 12. The topological polar surface area (TPSA) is 0 Å². The summed E-state index contributed by atoms with van der Waals surface area (Å²) in [6, 6.07) is 82.0. The molecule has 0 spiro atoms. The van der Waals surface area contributed by atoms with Crippen LogP contribution in [0.5, 0.6) is 0 Å². The van der Waals surface area contributed by atoms with Crippen LogP contribution in [0.25, 0.3) is 141 Å². The molecule has 0 unspecified atom stereocenters. The number of hydrogen-bond donors (Lipinski definition) is 0. The molecule has 63 heavy (non-hydrogen) atoms. The van der Waals surface area contributed by atoms with Gasteiger partial charge in [-0.15, -0.1) is 11.3 Å². The minimum atomic E-state index is 1.23. The molecule has 0 N–H and O–H groups in total. The third-order valence-electron chi connectivity index (χ3n) is 13.7. The quantitative estimate of drug-likeness (QED) is 0.166. The molecule has 0 atom stereocenters. The van der Waals surface area contributed by atoms with Gasteiger partial charge in [0, 0.05) is 25.7 Å². The van der Waals surface area contributed by atoms with E-state index in [0.717, 1.165) is 0 Å². The minimum absolute atomic E-state index is 1.23. The van der Waals surface area contributed by atoms with Crippen molar-refractivity contribution in [1.29, 1.82) is 0 Å². The van der Waals surface area contributed by atoms with Crippen molar-refractivity contribution in [3.8, 4) is 66.8 Å². The van der Waals surface area contributed by atoms with Crippen LogP contribution in [0.1, 0.15) is 0 Å². The number of hydrogen-bond acceptors (Lipinski definition) is 1. The summed E-state index contributed by atoms with van der Waals surface area (Å²) in [6.45, 7) is 0. The molecule has 1 aromatic heterocycles. The first kappa shape index (κ1) is 34.8. The van der Waals surface area contributed by atoms with Crippen molar-refractivity contribution >= 4 is 85.4 Å². The Kier molecular flexibility index (Phi) is 7.37. The summed E-state index contributed by atoms with van der Waals surface area (Å²) < 4.78 is 2.64. The Hall–Kier alpha value is -7.84. The third-order valence-corrected chi connectivity index (χ3v) is 14.9. The van der Waals surface area contributed by atoms with Gasteiger partial charge >= 0.3 is 0 Å². The van der Waals surface area contributed by atoms with Crippen LogP contribution in [0.2, 0.25) is 0 Å². The molecule has 0 saturated carbocycles. The van der Waals surface area contributed by atoms with Gasteiger partial charge in [-0.1, -0.05) is 182 Å². The van der Waals surface area contributed by atoms with Crippen LogP contribution >= 0.6 is 11.3 Å². The molecule has 0 nitrogen and oxygen atoms in total. The van der Waals surface area contributed by atoms with E-state index in [9.17, 15) is 0 Å². The van der Waals surface area contributed by atoms with Crippen LogP contribution in [0.4, 0.5) is 0 Å². The highest BCUT2D eigenvalue weighted by atomic mass is 32.1. The molecule has 0 saturated heterocycles. The van der Waals surface area contributed by atoms with Gasteiger partial charge in [0.1, 0.15) is 0 Å². The molecule has 1 heterocycles. The van der Waals surface area contributed by atoms with E-state index in [0.29, 0.717) is 0 Å². The van der Waals surface area contributed by atoms with E-state index in [2.05, 4.69) is 218 Å². The Morgan fingerprint density at radius 3 is 1.33 bits per heavy atom. The van der Waals surface area contributed by atoms with Crippen molar-refractivity contribution in [2.45, 2.75) is 0 Å². The fraction of sp³-hybridized carbons (Fsp3) is 0. The van der Waals surface area contributed by atoms with E-state index >= 15 is 0 Å². The standard InChI is InChI=1S/C62H36S/c1-4-15-40-32-43(27-24-37(40)12-1)46-35-54(62-55(36-46)48-18-9-10-23-56(48)63-62)47-30-31-53-59-49(47)21-11-22-52(59)60-57(44-28-25-38-13-2-5-16-41(38)33-44)50-19-7-8-20-51(50)58(61(53)60)45-29-26-39-14-3-6-17-42(39)34-45/h1-36H. The Morgan fingerprint density at radius 2 is 0.714 bits per heavy atom. The Labute approximate surface area is 368 Å². The number of rotatable bonds is 4. The van der Waals surface area contributed by atoms with Gasteiger partial charge in [0.25, 0.3) is 0 Å². The number of thiophene rings is 1. The van der Waals surface area contributed by atoms with Crippen LogP contribution in [0, 0.1) is 0 Å². The molecule has 13 aromatic rings. The predicted octanol–water partition coefficient (Wildman–Crippen LogP) is 18.1. The van der Waals surface area contributed by atoms with Gasteiger partial charge in [-0.3, -0.25) is 0 Å². The van der Waals surface area contributed by atoms with E-state index in [1.54, 1.807) is 0 Å². The molecule has 290 valence electrons. The summed E-state index contributed by atoms with van der Waals surface area (Å²) in [4.78, 5) is 0. The Morgan fingerprint density at radius 1 is 0.238 bits per heavy atom. The highest BCUT2D eigenvalue weighted by Crippen LogP contribution is 2.59. The molecular formula is C62H36S. The lowest BCUT2D eigenvalue weighted by Crippen LogP contribution is -1.94. The smallest absolute Gasteiger partial charge is 0.0434 e. The van der Waals surface area contributed by atoms with E-state index in [-0.39, 0.29) is 0 Å². The van der Waals surface area contributed by atoms with E-state index in [4.69, 9.17) is 0 Å². The first-order chi connectivity index (χ1) is 31.2. The monoisotopic (exact) mass is 812 g/mol. The lowest BCUT2D eigenvalue weighted by atomic mass is 9.82. The highest BCUT2D eigenvalue weighted by Gasteiger charge is 2.32. The molecule has 0 amide bonds. The fourth-order valence-electron chi connectivity index (χ4n) is 10.9. The zero-order valence-electron chi connectivity index (χ0n) is 34.2. The zero-order chi connectivity index (χ0) is 41.2. The summed E-state index contributed by atoms with van der Waals surface area (Å²) in [5, 5.41) is 15.3. The summed E-state index contributed by atoms with van der Waals surface area (Å²) in [5.74, 6) is 0. The molecule has 0 aliphatic heterocycles. The van der Waals surface area contributed by atoms with Crippen LogP contribution in [-0.2, 0) is 0 Å². The molecule has 0 radical (unpaired) electrons. The molecule has 1 aliphatic carbocycles. The van der Waals surface area contributed by atoms with Gasteiger partial charge in [0.2, 0.25) is 0 Å². The van der Waals surface area contributed by atoms with Crippen molar-refractivity contribution < 1.29 is 0 Å². The van der Waals surface area contributed by atoms with Gasteiger partial charge in [0.05, 0.1) is 0 Å². The van der Waals surface area contributed by atoms with Gasteiger partial charge in [-0.05, 0) is 151 Å². The maximum Gasteiger partial charge on any atom is 0.0434 e. The predicted molar refractivity (Wildman–Crippen MR) is 273 cm³/mol. The van der Waals surface area contributed by atoms with E-state index in [1.165, 1.54) is 141 Å². The Balaban J connectivity index is 1.09. The largest absolute Gasteiger partial charge is 0.135 e. The second kappa shape index (κ2) is 13.3. The molecule has 12 aromatic carbocycles. The summed E-state index contributed by atoms with van der Waals surface area (Å²) in [7, 11) is 0. The highest BCUT2D eigenvalue weighted by molar-refractivity contribution is 7.26. The van der Waals surface area contributed by atoms with Gasteiger partial charge in [-0.25, -0.2) is 0 Å². The van der Waals surface area contributed by atoms with Crippen molar-refractivity contribution in [2.24, 2.45) is 0 Å². The second-order valence-corrected chi connectivity index (χ2v) is 18.2. The average Bonchev–Trinajstić information content (AvgIpc) is 3.89. The zero-order valence-corrected chi connectivity index (χ0v) is 35.0. The van der Waals surface area contributed by atoms with Crippen molar-refractivity contribution in [2.75, 3.05) is 0 Å². The molecule has 1 aliphatic rings. The summed E-state index contributed by atoms with van der Waals surface area (Å²) in [6.07, 6.45) is 0. The van der Waals surface area contributed by atoms with E-state index < -0.39 is 0 Å². The van der Waals surface area contributed by atoms with Crippen molar-refractivity contribution in [1.82, 2.24) is 0 Å². The maximum atomic E-state index is 2.46. The summed E-state index contributed by atoms with van der Waals surface area (Å²) in [5.41, 5.74) is 15.3. The Bertz CT molecular complexity index is 3960. The van der Waals surface area contributed by atoms with Crippen LogP contribution in [0.15, 0.2) is 218 Å². The minimum Gasteiger partial charge on any atom is -0.135 e. The van der Waals surface area contributed by atoms with Crippen LogP contribution in [0.3, 0.4) is 0 Å². The second-order valence-electron chi connectivity index (χ2n) is 17.1. The van der Waals surface area contributed by atoms with Crippen LogP contribution < -0.4 is 0 Å². The van der Waals surface area contributed by atoms with Gasteiger partial charge < -0.3 is 0 Å². The maximum absolute atomic E-state index is 2.46. The van der Waals surface area contributed by atoms with Crippen molar-refractivity contribution in [3.63, 3.8) is 0 Å². The van der Waals surface area contributed by atoms with Gasteiger partial charge in [0.15, 0.2) is 0 Å². The lowest BCUT2D eigenvalue weighted by Gasteiger charge is -2.21. The van der Waals surface area contributed by atoms with E-state index in [1.807, 2.05) is 11.3 Å². The fourth-order valence-corrected chi connectivity index (χ4v) is 12.1. The summed E-state index contributed by atoms with van der Waals surface area (Å²) >= 11 is 1.91. The van der Waals surface area contributed by atoms with Crippen LogP contribution in [-0.4, -0.2) is 0 Å².